The second kappa shape index (κ2) is 9.24. The van der Waals surface area contributed by atoms with Crippen LogP contribution >= 0.6 is 0 Å². The van der Waals surface area contributed by atoms with Gasteiger partial charge in [-0.3, -0.25) is 4.79 Å². The van der Waals surface area contributed by atoms with E-state index in [0.29, 0.717) is 18.3 Å². The van der Waals surface area contributed by atoms with Crippen LogP contribution in [0.5, 0.6) is 0 Å². The van der Waals surface area contributed by atoms with Crippen LogP contribution in [0.15, 0.2) is 53.1 Å². The average molecular weight is 404 g/mol. The SMILES string of the molecule is CCCCc1ccc(C(=O)N2CCCC(c3nc(-c4cccc(C)c4)no3)C2)cc1. The van der Waals surface area contributed by atoms with E-state index in [1.807, 2.05) is 42.2 Å². The monoisotopic (exact) mass is 403 g/mol. The Labute approximate surface area is 178 Å². The first-order valence-corrected chi connectivity index (χ1v) is 10.9. The number of amides is 1. The number of carbonyl (C=O) groups excluding carboxylic acids is 1. The number of unbranched alkanes of at least 4 members (excludes halogenated alkanes) is 1. The lowest BCUT2D eigenvalue weighted by molar-refractivity contribution is 0.0695. The standard InChI is InChI=1S/C25H29N3O2/c1-3-4-8-19-11-13-20(14-12-19)25(29)28-15-6-10-22(17-28)24-26-23(27-30-24)21-9-5-7-18(2)16-21/h5,7,9,11-14,16,22H,3-4,6,8,10,15,17H2,1-2H3. The summed E-state index contributed by atoms with van der Waals surface area (Å²) in [5, 5.41) is 4.18. The van der Waals surface area contributed by atoms with Crippen LogP contribution in [0.3, 0.4) is 0 Å². The van der Waals surface area contributed by atoms with Gasteiger partial charge in [0, 0.05) is 24.2 Å². The van der Waals surface area contributed by atoms with Gasteiger partial charge in [0.1, 0.15) is 0 Å². The minimum Gasteiger partial charge on any atom is -0.339 e. The largest absolute Gasteiger partial charge is 0.339 e. The van der Waals surface area contributed by atoms with Gasteiger partial charge >= 0.3 is 0 Å². The predicted octanol–water partition coefficient (Wildman–Crippen LogP) is 5.41. The number of aromatic nitrogens is 2. The second-order valence-electron chi connectivity index (χ2n) is 8.22. The maximum absolute atomic E-state index is 13.0. The number of nitrogens with zero attached hydrogens (tertiary/aromatic N) is 3. The van der Waals surface area contributed by atoms with Crippen molar-refractivity contribution in [3.05, 3.63) is 71.1 Å². The Morgan fingerprint density at radius 3 is 2.80 bits per heavy atom. The van der Waals surface area contributed by atoms with Gasteiger partial charge in [0.2, 0.25) is 11.7 Å². The fraction of sp³-hybridized carbons (Fsp3) is 0.400. The normalized spacial score (nSPS) is 16.6. The van der Waals surface area contributed by atoms with E-state index >= 15 is 0 Å². The molecule has 0 spiro atoms. The van der Waals surface area contributed by atoms with Gasteiger partial charge in [-0.1, -0.05) is 54.4 Å². The number of piperidine rings is 1. The zero-order valence-electron chi connectivity index (χ0n) is 17.8. The van der Waals surface area contributed by atoms with E-state index in [-0.39, 0.29) is 11.8 Å². The van der Waals surface area contributed by atoms with Crippen molar-refractivity contribution >= 4 is 5.91 Å². The zero-order valence-corrected chi connectivity index (χ0v) is 17.8. The van der Waals surface area contributed by atoms with Crippen LogP contribution < -0.4 is 0 Å². The van der Waals surface area contributed by atoms with Crippen LogP contribution in [0.25, 0.3) is 11.4 Å². The number of likely N-dealkylation sites (tertiary alicyclic amines) is 1. The molecular weight excluding hydrogens is 374 g/mol. The van der Waals surface area contributed by atoms with Crippen LogP contribution in [0.1, 0.15) is 65.9 Å². The van der Waals surface area contributed by atoms with Gasteiger partial charge in [0.05, 0.1) is 5.92 Å². The molecule has 0 bridgehead atoms. The zero-order chi connectivity index (χ0) is 20.9. The molecule has 30 heavy (non-hydrogen) atoms. The molecule has 0 N–H and O–H groups in total. The van der Waals surface area contributed by atoms with E-state index < -0.39 is 0 Å². The summed E-state index contributed by atoms with van der Waals surface area (Å²) in [4.78, 5) is 19.6. The van der Waals surface area contributed by atoms with Crippen LogP contribution in [0, 0.1) is 6.92 Å². The third kappa shape index (κ3) is 4.61. The van der Waals surface area contributed by atoms with Crippen LogP contribution in [0.4, 0.5) is 0 Å². The lowest BCUT2D eigenvalue weighted by atomic mass is 9.97. The molecule has 5 heteroatoms. The molecule has 1 unspecified atom stereocenters. The number of aryl methyl sites for hydroxylation is 2. The van der Waals surface area contributed by atoms with E-state index in [0.717, 1.165) is 42.5 Å². The Morgan fingerprint density at radius 1 is 1.20 bits per heavy atom. The van der Waals surface area contributed by atoms with Gasteiger partial charge in [-0.15, -0.1) is 0 Å². The van der Waals surface area contributed by atoms with Crippen LogP contribution in [-0.4, -0.2) is 34.0 Å². The molecule has 5 nitrogen and oxygen atoms in total. The highest BCUT2D eigenvalue weighted by Gasteiger charge is 2.29. The minimum absolute atomic E-state index is 0.0811. The van der Waals surface area contributed by atoms with Gasteiger partial charge in [0.25, 0.3) is 5.91 Å². The van der Waals surface area contributed by atoms with Crippen molar-refractivity contribution in [3.8, 4) is 11.4 Å². The van der Waals surface area contributed by atoms with E-state index in [4.69, 9.17) is 4.52 Å². The average Bonchev–Trinajstić information content (AvgIpc) is 3.28. The second-order valence-corrected chi connectivity index (χ2v) is 8.22. The Morgan fingerprint density at radius 2 is 2.03 bits per heavy atom. The highest BCUT2D eigenvalue weighted by molar-refractivity contribution is 5.94. The van der Waals surface area contributed by atoms with Crippen molar-refractivity contribution in [2.75, 3.05) is 13.1 Å². The Kier molecular flexibility index (Phi) is 6.26. The number of rotatable bonds is 6. The van der Waals surface area contributed by atoms with Crippen molar-refractivity contribution in [1.82, 2.24) is 15.0 Å². The van der Waals surface area contributed by atoms with Crippen molar-refractivity contribution in [3.63, 3.8) is 0 Å². The molecule has 1 aliphatic heterocycles. The molecule has 1 amide bonds. The first-order chi connectivity index (χ1) is 14.6. The van der Waals surface area contributed by atoms with Gasteiger partial charge in [-0.25, -0.2) is 0 Å². The first-order valence-electron chi connectivity index (χ1n) is 10.9. The quantitative estimate of drug-likeness (QED) is 0.552. The molecule has 3 aromatic rings. The molecule has 1 fully saturated rings. The summed E-state index contributed by atoms with van der Waals surface area (Å²) in [6.45, 7) is 5.63. The maximum atomic E-state index is 13.0. The molecule has 0 aliphatic carbocycles. The molecule has 0 saturated carbocycles. The van der Waals surface area contributed by atoms with Crippen LogP contribution in [0.2, 0.25) is 0 Å². The number of hydrogen-bond acceptors (Lipinski definition) is 4. The molecule has 1 aromatic heterocycles. The molecule has 4 rings (SSSR count). The lowest BCUT2D eigenvalue weighted by Gasteiger charge is -2.31. The summed E-state index contributed by atoms with van der Waals surface area (Å²) in [6.07, 6.45) is 5.31. The third-order valence-corrected chi connectivity index (χ3v) is 5.80. The number of carbonyl (C=O) groups is 1. The van der Waals surface area contributed by atoms with Gasteiger partial charge in [-0.05, 0) is 56.4 Å². The maximum Gasteiger partial charge on any atom is 0.253 e. The summed E-state index contributed by atoms with van der Waals surface area (Å²) < 4.78 is 5.59. The molecule has 1 atom stereocenters. The summed E-state index contributed by atoms with van der Waals surface area (Å²) in [7, 11) is 0. The van der Waals surface area contributed by atoms with E-state index in [1.165, 1.54) is 18.4 Å². The summed E-state index contributed by atoms with van der Waals surface area (Å²) in [6, 6.07) is 16.2. The van der Waals surface area contributed by atoms with E-state index in [1.54, 1.807) is 0 Å². The van der Waals surface area contributed by atoms with E-state index in [2.05, 4.69) is 35.3 Å². The predicted molar refractivity (Wildman–Crippen MR) is 117 cm³/mol. The highest BCUT2D eigenvalue weighted by atomic mass is 16.5. The molecule has 1 aliphatic rings. The molecule has 156 valence electrons. The third-order valence-electron chi connectivity index (χ3n) is 5.80. The van der Waals surface area contributed by atoms with Crippen molar-refractivity contribution in [2.24, 2.45) is 0 Å². The fourth-order valence-electron chi connectivity index (χ4n) is 4.04. The smallest absolute Gasteiger partial charge is 0.253 e. The topological polar surface area (TPSA) is 59.2 Å². The van der Waals surface area contributed by atoms with Crippen molar-refractivity contribution in [1.29, 1.82) is 0 Å². The lowest BCUT2D eigenvalue weighted by Crippen LogP contribution is -2.39. The summed E-state index contributed by atoms with van der Waals surface area (Å²) in [5.41, 5.74) is 4.16. The van der Waals surface area contributed by atoms with Crippen molar-refractivity contribution < 1.29 is 9.32 Å². The number of benzene rings is 2. The molecule has 1 saturated heterocycles. The molecule has 2 aromatic carbocycles. The molecule has 0 radical (unpaired) electrons. The Balaban J connectivity index is 1.44. The van der Waals surface area contributed by atoms with Gasteiger partial charge in [-0.2, -0.15) is 4.98 Å². The van der Waals surface area contributed by atoms with Crippen molar-refractivity contribution in [2.45, 2.75) is 51.9 Å². The summed E-state index contributed by atoms with van der Waals surface area (Å²) >= 11 is 0. The highest BCUT2D eigenvalue weighted by Crippen LogP contribution is 2.28. The Hall–Kier alpha value is -2.95. The minimum atomic E-state index is 0.0811. The van der Waals surface area contributed by atoms with Gasteiger partial charge in [0.15, 0.2) is 0 Å². The Bertz CT molecular complexity index is 994. The van der Waals surface area contributed by atoms with E-state index in [9.17, 15) is 4.79 Å². The first kappa shape index (κ1) is 20.3. The molecular formula is C25H29N3O2. The molecule has 2 heterocycles. The van der Waals surface area contributed by atoms with Crippen LogP contribution in [-0.2, 0) is 6.42 Å². The van der Waals surface area contributed by atoms with Gasteiger partial charge < -0.3 is 9.42 Å². The summed E-state index contributed by atoms with van der Waals surface area (Å²) in [5.74, 6) is 1.40. The fourth-order valence-corrected chi connectivity index (χ4v) is 4.04. The number of hydrogen-bond donors (Lipinski definition) is 0.